The highest BCUT2D eigenvalue weighted by Crippen LogP contribution is 2.17. The molecule has 0 bridgehead atoms. The molecule has 5 heteroatoms. The predicted molar refractivity (Wildman–Crippen MR) is 94.1 cm³/mol. The van der Waals surface area contributed by atoms with Gasteiger partial charge >= 0.3 is 0 Å². The zero-order valence-corrected chi connectivity index (χ0v) is 13.8. The van der Waals surface area contributed by atoms with Gasteiger partial charge in [-0.25, -0.2) is 4.99 Å². The van der Waals surface area contributed by atoms with Crippen LogP contribution in [0.2, 0.25) is 0 Å². The number of aliphatic imine (C=N–C) groups is 1. The number of benzene rings is 2. The maximum Gasteiger partial charge on any atom is 0.229 e. The van der Waals surface area contributed by atoms with Crippen molar-refractivity contribution in [3.05, 3.63) is 54.1 Å². The number of aromatic nitrogens is 3. The van der Waals surface area contributed by atoms with Crippen molar-refractivity contribution in [2.24, 2.45) is 4.99 Å². The summed E-state index contributed by atoms with van der Waals surface area (Å²) in [4.78, 5) is 7.02. The van der Waals surface area contributed by atoms with Crippen LogP contribution in [0.3, 0.4) is 0 Å². The van der Waals surface area contributed by atoms with Gasteiger partial charge in [0.05, 0.1) is 11.2 Å². The summed E-state index contributed by atoms with van der Waals surface area (Å²) in [5, 5.41) is 8.57. The zero-order valence-electron chi connectivity index (χ0n) is 13.8. The molecule has 0 aliphatic rings. The average Bonchev–Trinajstić information content (AvgIpc) is 3.01. The Kier molecular flexibility index (Phi) is 4.37. The van der Waals surface area contributed by atoms with E-state index in [1.54, 1.807) is 0 Å². The van der Waals surface area contributed by atoms with Crippen LogP contribution in [-0.4, -0.2) is 38.9 Å². The van der Waals surface area contributed by atoms with Gasteiger partial charge in [-0.15, -0.1) is 5.10 Å². The molecule has 0 atom stereocenters. The molecule has 0 unspecified atom stereocenters. The van der Waals surface area contributed by atoms with Crippen molar-refractivity contribution < 1.29 is 0 Å². The molecule has 0 spiro atoms. The molecule has 23 heavy (non-hydrogen) atoms. The van der Waals surface area contributed by atoms with Gasteiger partial charge in [-0.05, 0) is 45.0 Å². The summed E-state index contributed by atoms with van der Waals surface area (Å²) in [5.74, 6) is 0.799. The summed E-state index contributed by atoms with van der Waals surface area (Å²) in [6, 6.07) is 16.1. The summed E-state index contributed by atoms with van der Waals surface area (Å²) >= 11 is 0. The van der Waals surface area contributed by atoms with Gasteiger partial charge in [0, 0.05) is 13.1 Å². The molecule has 0 radical (unpaired) electrons. The Hall–Kier alpha value is -2.69. The number of rotatable bonds is 3. The highest BCUT2D eigenvalue weighted by atomic mass is 15.5. The SMILES string of the molecule is CCN(CC)C(=Nc1ccc(C)cc1)n1nnc2ccccc21. The molecule has 0 amide bonds. The number of hydrogen-bond donors (Lipinski definition) is 0. The van der Waals surface area contributed by atoms with Crippen LogP contribution in [-0.2, 0) is 0 Å². The van der Waals surface area contributed by atoms with Crippen LogP contribution in [0.5, 0.6) is 0 Å². The number of para-hydroxylation sites is 1. The van der Waals surface area contributed by atoms with Crippen LogP contribution in [0, 0.1) is 6.92 Å². The Bertz CT molecular complexity index is 813. The molecule has 1 aromatic heterocycles. The van der Waals surface area contributed by atoms with Crippen molar-refractivity contribution in [3.8, 4) is 0 Å². The van der Waals surface area contributed by atoms with Crippen LogP contribution in [0.4, 0.5) is 5.69 Å². The molecule has 0 aliphatic carbocycles. The molecule has 3 rings (SSSR count). The highest BCUT2D eigenvalue weighted by Gasteiger charge is 2.15. The van der Waals surface area contributed by atoms with E-state index in [2.05, 4.69) is 48.1 Å². The van der Waals surface area contributed by atoms with E-state index in [0.29, 0.717) is 0 Å². The molecule has 1 heterocycles. The van der Waals surface area contributed by atoms with E-state index in [1.807, 2.05) is 41.1 Å². The van der Waals surface area contributed by atoms with Crippen LogP contribution in [0.15, 0.2) is 53.5 Å². The topological polar surface area (TPSA) is 46.3 Å². The minimum atomic E-state index is 0.799. The lowest BCUT2D eigenvalue weighted by Gasteiger charge is -2.22. The number of aryl methyl sites for hydroxylation is 1. The predicted octanol–water partition coefficient (Wildman–Crippen LogP) is 3.62. The van der Waals surface area contributed by atoms with Gasteiger partial charge in [0.2, 0.25) is 5.96 Å². The first-order valence-electron chi connectivity index (χ1n) is 7.94. The highest BCUT2D eigenvalue weighted by molar-refractivity contribution is 5.92. The van der Waals surface area contributed by atoms with Crippen LogP contribution in [0.1, 0.15) is 19.4 Å². The van der Waals surface area contributed by atoms with E-state index in [0.717, 1.165) is 35.8 Å². The minimum Gasteiger partial charge on any atom is -0.341 e. The molecule has 3 aromatic rings. The second kappa shape index (κ2) is 6.60. The third-order valence-corrected chi connectivity index (χ3v) is 3.85. The van der Waals surface area contributed by atoms with Crippen LogP contribution >= 0.6 is 0 Å². The van der Waals surface area contributed by atoms with E-state index in [-0.39, 0.29) is 0 Å². The Balaban J connectivity index is 2.14. The van der Waals surface area contributed by atoms with Crippen molar-refractivity contribution in [2.45, 2.75) is 20.8 Å². The fourth-order valence-corrected chi connectivity index (χ4v) is 2.51. The van der Waals surface area contributed by atoms with Crippen LogP contribution < -0.4 is 0 Å². The van der Waals surface area contributed by atoms with E-state index in [4.69, 9.17) is 4.99 Å². The Morgan fingerprint density at radius 2 is 1.74 bits per heavy atom. The smallest absolute Gasteiger partial charge is 0.229 e. The molecule has 0 aliphatic heterocycles. The fraction of sp³-hybridized carbons (Fsp3) is 0.278. The first kappa shape index (κ1) is 15.2. The van der Waals surface area contributed by atoms with Crippen LogP contribution in [0.25, 0.3) is 11.0 Å². The lowest BCUT2D eigenvalue weighted by Crippen LogP contribution is -2.36. The van der Waals surface area contributed by atoms with Gasteiger partial charge in [-0.3, -0.25) is 0 Å². The van der Waals surface area contributed by atoms with Crippen molar-refractivity contribution in [2.75, 3.05) is 13.1 Å². The third kappa shape index (κ3) is 3.08. The second-order valence-corrected chi connectivity index (χ2v) is 5.41. The zero-order chi connectivity index (χ0) is 16.2. The van der Waals surface area contributed by atoms with E-state index in [1.165, 1.54) is 5.56 Å². The van der Waals surface area contributed by atoms with Gasteiger partial charge in [-0.1, -0.05) is 35.0 Å². The van der Waals surface area contributed by atoms with Crippen molar-refractivity contribution in [1.29, 1.82) is 0 Å². The molecule has 0 N–H and O–H groups in total. The van der Waals surface area contributed by atoms with E-state index < -0.39 is 0 Å². The third-order valence-electron chi connectivity index (χ3n) is 3.85. The van der Waals surface area contributed by atoms with Crippen molar-refractivity contribution >= 4 is 22.7 Å². The monoisotopic (exact) mass is 307 g/mol. The summed E-state index contributed by atoms with van der Waals surface area (Å²) in [6.07, 6.45) is 0. The molecular formula is C18H21N5. The van der Waals surface area contributed by atoms with Gasteiger partial charge < -0.3 is 4.90 Å². The Morgan fingerprint density at radius 3 is 2.43 bits per heavy atom. The molecule has 5 nitrogen and oxygen atoms in total. The minimum absolute atomic E-state index is 0.799. The van der Waals surface area contributed by atoms with E-state index in [9.17, 15) is 0 Å². The Morgan fingerprint density at radius 1 is 1.04 bits per heavy atom. The average molecular weight is 307 g/mol. The summed E-state index contributed by atoms with van der Waals surface area (Å²) < 4.78 is 1.82. The second-order valence-electron chi connectivity index (χ2n) is 5.41. The quantitative estimate of drug-likeness (QED) is 0.548. The summed E-state index contributed by atoms with van der Waals surface area (Å²) in [7, 11) is 0. The largest absolute Gasteiger partial charge is 0.341 e. The summed E-state index contributed by atoms with van der Waals surface area (Å²) in [6.45, 7) is 8.02. The number of fused-ring (bicyclic) bond motifs is 1. The maximum absolute atomic E-state index is 4.84. The number of hydrogen-bond acceptors (Lipinski definition) is 3. The first-order chi connectivity index (χ1) is 11.2. The molecule has 0 saturated carbocycles. The maximum atomic E-state index is 4.84. The molecule has 0 fully saturated rings. The summed E-state index contributed by atoms with van der Waals surface area (Å²) in [5.41, 5.74) is 3.97. The lowest BCUT2D eigenvalue weighted by atomic mass is 10.2. The normalized spacial score (nSPS) is 11.9. The Labute approximate surface area is 136 Å². The molecule has 0 saturated heterocycles. The molecule has 2 aromatic carbocycles. The van der Waals surface area contributed by atoms with Crippen molar-refractivity contribution in [3.63, 3.8) is 0 Å². The molecular weight excluding hydrogens is 286 g/mol. The lowest BCUT2D eigenvalue weighted by molar-refractivity contribution is 0.445. The molecule has 118 valence electrons. The van der Waals surface area contributed by atoms with Gasteiger partial charge in [0.25, 0.3) is 0 Å². The standard InChI is InChI=1S/C18H21N5/c1-4-22(5-2)18(19-15-12-10-14(3)11-13-15)23-17-9-7-6-8-16(17)20-21-23/h6-13H,4-5H2,1-3H3. The van der Waals surface area contributed by atoms with Gasteiger partial charge in [-0.2, -0.15) is 4.68 Å². The van der Waals surface area contributed by atoms with Gasteiger partial charge in [0.1, 0.15) is 5.52 Å². The van der Waals surface area contributed by atoms with Gasteiger partial charge in [0.15, 0.2) is 0 Å². The van der Waals surface area contributed by atoms with Crippen molar-refractivity contribution in [1.82, 2.24) is 19.9 Å². The van der Waals surface area contributed by atoms with E-state index >= 15 is 0 Å². The fourth-order valence-electron chi connectivity index (χ4n) is 2.51. The first-order valence-corrected chi connectivity index (χ1v) is 7.94. The number of nitrogens with zero attached hydrogens (tertiary/aromatic N) is 5.